The van der Waals surface area contributed by atoms with Crippen molar-refractivity contribution in [1.29, 1.82) is 0 Å². The van der Waals surface area contributed by atoms with Gasteiger partial charge in [0.05, 0.1) is 10.4 Å². The van der Waals surface area contributed by atoms with Crippen molar-refractivity contribution in [2.75, 3.05) is 0 Å². The monoisotopic (exact) mass is 270 g/mol. The van der Waals surface area contributed by atoms with E-state index in [1.165, 1.54) is 22.7 Å². The van der Waals surface area contributed by atoms with E-state index in [2.05, 4.69) is 16.0 Å². The maximum absolute atomic E-state index is 11.3. The van der Waals surface area contributed by atoms with Crippen LogP contribution in [0.1, 0.15) is 0 Å². The molecule has 0 fully saturated rings. The van der Waals surface area contributed by atoms with E-state index >= 15 is 0 Å². The van der Waals surface area contributed by atoms with Gasteiger partial charge in [-0.05, 0) is 18.2 Å². The number of thiazole rings is 1. The van der Waals surface area contributed by atoms with E-state index in [1.807, 2.05) is 30.3 Å². The van der Waals surface area contributed by atoms with E-state index in [9.17, 15) is 4.79 Å². The molecule has 1 aromatic heterocycles. The van der Waals surface area contributed by atoms with E-state index in [0.717, 1.165) is 31.0 Å². The van der Waals surface area contributed by atoms with Crippen molar-refractivity contribution in [3.05, 3.63) is 46.1 Å². The molecule has 0 unspecified atom stereocenters. The maximum Gasteiger partial charge on any atom is 0.328 e. The van der Waals surface area contributed by atoms with Gasteiger partial charge in [0, 0.05) is 10.8 Å². The summed E-state index contributed by atoms with van der Waals surface area (Å²) in [7, 11) is 0. The summed E-state index contributed by atoms with van der Waals surface area (Å²) in [5, 5.41) is 2.96. The summed E-state index contributed by atoms with van der Waals surface area (Å²) in [6.45, 7) is 0. The Labute approximate surface area is 110 Å². The van der Waals surface area contributed by atoms with Crippen molar-refractivity contribution in [1.82, 2.24) is 9.97 Å². The van der Waals surface area contributed by atoms with Gasteiger partial charge >= 0.3 is 4.87 Å². The van der Waals surface area contributed by atoms with Gasteiger partial charge in [-0.15, -0.1) is 0 Å². The topological polar surface area (TPSA) is 42.9 Å². The minimum atomic E-state index is -0.138. The van der Waals surface area contributed by atoms with Gasteiger partial charge in [0.25, 0.3) is 0 Å². The molecule has 2 aromatic rings. The predicted octanol–water partition coefficient (Wildman–Crippen LogP) is 3.37. The average Bonchev–Trinajstić information content (AvgIpc) is 2.72. The highest BCUT2D eigenvalue weighted by Gasteiger charge is 2.11. The summed E-state index contributed by atoms with van der Waals surface area (Å²) < 4.78 is 0. The Morgan fingerprint density at radius 3 is 2.78 bits per heavy atom. The molecule has 0 bridgehead atoms. The van der Waals surface area contributed by atoms with Gasteiger partial charge in [-0.3, -0.25) is 4.79 Å². The van der Waals surface area contributed by atoms with E-state index in [0.29, 0.717) is 0 Å². The Morgan fingerprint density at radius 2 is 1.83 bits per heavy atom. The second-order valence-electron chi connectivity index (χ2n) is 3.97. The number of fused-ring (bicyclic) bond motifs is 3. The first kappa shape index (κ1) is 10.1. The third-order valence-electron chi connectivity index (χ3n) is 2.80. The number of nitrogens with zero attached hydrogens (tertiary/aromatic N) is 2. The second-order valence-corrected chi connectivity index (χ2v) is 5.94. The Hall–Kier alpha value is -1.85. The quantitative estimate of drug-likeness (QED) is 0.460. The molecule has 0 amide bonds. The van der Waals surface area contributed by atoms with E-state index in [1.54, 1.807) is 0 Å². The average molecular weight is 270 g/mol. The highest BCUT2D eigenvalue weighted by molar-refractivity contribution is 7.25. The first-order chi connectivity index (χ1) is 8.79. The third kappa shape index (κ3) is 1.45. The molecule has 3 nitrogen and oxygen atoms in total. The van der Waals surface area contributed by atoms with Crippen molar-refractivity contribution in [2.24, 2.45) is 0 Å². The summed E-state index contributed by atoms with van der Waals surface area (Å²) in [6, 6.07) is 12.1. The summed E-state index contributed by atoms with van der Waals surface area (Å²) in [6.07, 6.45) is 0. The maximum atomic E-state index is 11.3. The molecule has 1 aromatic carbocycles. The molecule has 0 spiro atoms. The molecule has 3 heterocycles. The van der Waals surface area contributed by atoms with Gasteiger partial charge in [-0.2, -0.15) is 4.98 Å². The SMILES string of the molecule is O=c1nc2sc3nc4ccccc4cc3cc-2s1. The summed E-state index contributed by atoms with van der Waals surface area (Å²) in [5.74, 6) is 0. The van der Waals surface area contributed by atoms with Crippen LogP contribution in [0, 0.1) is 0 Å². The van der Waals surface area contributed by atoms with E-state index < -0.39 is 0 Å². The Bertz CT molecular complexity index is 838. The van der Waals surface area contributed by atoms with Crippen LogP contribution >= 0.6 is 22.7 Å². The molecular formula is C13H6N2OS2. The van der Waals surface area contributed by atoms with Gasteiger partial charge in [0.2, 0.25) is 0 Å². The molecule has 5 heteroatoms. The molecule has 0 aliphatic carbocycles. The highest BCUT2D eigenvalue weighted by Crippen LogP contribution is 2.33. The van der Waals surface area contributed by atoms with Gasteiger partial charge in [-0.1, -0.05) is 40.9 Å². The van der Waals surface area contributed by atoms with Crippen LogP contribution in [0.5, 0.6) is 0 Å². The standard InChI is InChI=1S/C13H6N2OS2/c16-13-15-12-10(17-13)6-8-5-7-3-1-2-4-9(7)14-11(8)18-12/h1-6H. The number of rotatable bonds is 0. The number of benzene rings is 1. The lowest BCUT2D eigenvalue weighted by molar-refractivity contribution is 1.38. The smallest absolute Gasteiger partial charge is 0.255 e. The zero-order valence-electron chi connectivity index (χ0n) is 9.08. The fourth-order valence-corrected chi connectivity index (χ4v) is 3.80. The van der Waals surface area contributed by atoms with E-state index in [4.69, 9.17) is 0 Å². The molecule has 4 rings (SSSR count). The number of hydrogen-bond acceptors (Lipinski definition) is 5. The minimum Gasteiger partial charge on any atom is -0.255 e. The van der Waals surface area contributed by atoms with Gasteiger partial charge in [-0.25, -0.2) is 4.98 Å². The van der Waals surface area contributed by atoms with Crippen LogP contribution < -0.4 is 4.87 Å². The number of para-hydroxylation sites is 1. The molecule has 86 valence electrons. The third-order valence-corrected chi connectivity index (χ3v) is 4.75. The molecule has 0 saturated carbocycles. The molecule has 2 aliphatic rings. The van der Waals surface area contributed by atoms with Gasteiger partial charge < -0.3 is 0 Å². The Kier molecular flexibility index (Phi) is 2.00. The molecule has 0 N–H and O–H groups in total. The molecule has 2 aliphatic heterocycles. The van der Waals surface area contributed by atoms with Crippen molar-refractivity contribution in [3.63, 3.8) is 0 Å². The zero-order valence-corrected chi connectivity index (χ0v) is 10.7. The van der Waals surface area contributed by atoms with Crippen LogP contribution in [-0.2, 0) is 0 Å². The molecule has 18 heavy (non-hydrogen) atoms. The van der Waals surface area contributed by atoms with Crippen LogP contribution in [0.3, 0.4) is 0 Å². The molecular weight excluding hydrogens is 264 g/mol. The van der Waals surface area contributed by atoms with Crippen molar-refractivity contribution < 1.29 is 0 Å². The fraction of sp³-hybridized carbons (Fsp3) is 0. The lowest BCUT2D eigenvalue weighted by atomic mass is 10.2. The lowest BCUT2D eigenvalue weighted by Gasteiger charge is -2.02. The Balaban J connectivity index is 2.20. The molecule has 0 radical (unpaired) electrons. The fourth-order valence-electron chi connectivity index (χ4n) is 2.00. The largest absolute Gasteiger partial charge is 0.328 e. The predicted molar refractivity (Wildman–Crippen MR) is 75.7 cm³/mol. The summed E-state index contributed by atoms with van der Waals surface area (Å²) in [4.78, 5) is 21.6. The summed E-state index contributed by atoms with van der Waals surface area (Å²) >= 11 is 2.66. The van der Waals surface area contributed by atoms with Crippen molar-refractivity contribution in [2.45, 2.75) is 0 Å². The van der Waals surface area contributed by atoms with Crippen molar-refractivity contribution >= 4 is 43.8 Å². The minimum absolute atomic E-state index is 0.138. The molecule has 0 atom stereocenters. The normalized spacial score (nSPS) is 11.6. The van der Waals surface area contributed by atoms with E-state index in [-0.39, 0.29) is 4.87 Å². The van der Waals surface area contributed by atoms with Crippen LogP contribution in [-0.4, -0.2) is 9.97 Å². The van der Waals surface area contributed by atoms with Crippen LogP contribution in [0.4, 0.5) is 0 Å². The summed E-state index contributed by atoms with van der Waals surface area (Å²) in [5.41, 5.74) is 0.971. The molecule has 0 saturated heterocycles. The number of aromatic nitrogens is 2. The van der Waals surface area contributed by atoms with Crippen molar-refractivity contribution in [3.8, 4) is 9.88 Å². The first-order valence-electron chi connectivity index (χ1n) is 5.40. The Morgan fingerprint density at radius 1 is 0.944 bits per heavy atom. The van der Waals surface area contributed by atoms with Crippen LogP contribution in [0.2, 0.25) is 0 Å². The van der Waals surface area contributed by atoms with Crippen LogP contribution in [0.15, 0.2) is 41.2 Å². The van der Waals surface area contributed by atoms with Gasteiger partial charge in [0.1, 0.15) is 9.84 Å². The zero-order chi connectivity index (χ0) is 12.1. The number of hydrogen-bond donors (Lipinski definition) is 0. The lowest BCUT2D eigenvalue weighted by Crippen LogP contribution is -1.89. The second kappa shape index (κ2) is 3.57. The highest BCUT2D eigenvalue weighted by atomic mass is 32.1. The van der Waals surface area contributed by atoms with Gasteiger partial charge in [0.15, 0.2) is 0 Å². The first-order valence-corrected chi connectivity index (χ1v) is 7.03. The van der Waals surface area contributed by atoms with Crippen LogP contribution in [0.25, 0.3) is 31.0 Å². The number of pyridine rings is 1.